The molecule has 4 heteroatoms. The van der Waals surface area contributed by atoms with E-state index in [9.17, 15) is 9.18 Å². The lowest BCUT2D eigenvalue weighted by molar-refractivity contribution is 0.0697. The SMILES string of the molecule is Cc1ccc(F)cc1-c1ccc(Cl)c(C(=O)O)c1. The Morgan fingerprint density at radius 3 is 2.61 bits per heavy atom. The number of hydrogen-bond acceptors (Lipinski definition) is 1. The molecule has 1 N–H and O–H groups in total. The van der Waals surface area contributed by atoms with Crippen molar-refractivity contribution in [2.24, 2.45) is 0 Å². The van der Waals surface area contributed by atoms with Gasteiger partial charge in [0.15, 0.2) is 0 Å². The summed E-state index contributed by atoms with van der Waals surface area (Å²) < 4.78 is 13.2. The van der Waals surface area contributed by atoms with Gasteiger partial charge < -0.3 is 5.11 Å². The second-order valence-corrected chi connectivity index (χ2v) is 4.37. The van der Waals surface area contributed by atoms with Crippen LogP contribution in [-0.2, 0) is 0 Å². The summed E-state index contributed by atoms with van der Waals surface area (Å²) in [5.41, 5.74) is 2.18. The molecule has 18 heavy (non-hydrogen) atoms. The third kappa shape index (κ3) is 2.36. The minimum absolute atomic E-state index is 0.0119. The summed E-state index contributed by atoms with van der Waals surface area (Å²) >= 11 is 5.79. The third-order valence-corrected chi connectivity index (χ3v) is 3.04. The van der Waals surface area contributed by atoms with Gasteiger partial charge in [-0.25, -0.2) is 9.18 Å². The average molecular weight is 265 g/mol. The Bertz CT molecular complexity index is 623. The first kappa shape index (κ1) is 12.6. The van der Waals surface area contributed by atoms with Gasteiger partial charge in [0.05, 0.1) is 10.6 Å². The fraction of sp³-hybridized carbons (Fsp3) is 0.0714. The maximum atomic E-state index is 13.2. The zero-order valence-electron chi connectivity index (χ0n) is 9.58. The Kier molecular flexibility index (Phi) is 3.34. The number of carboxylic acid groups (broad SMARTS) is 1. The van der Waals surface area contributed by atoms with Crippen molar-refractivity contribution in [2.75, 3.05) is 0 Å². The lowest BCUT2D eigenvalue weighted by Crippen LogP contribution is -1.98. The van der Waals surface area contributed by atoms with E-state index in [-0.39, 0.29) is 16.4 Å². The molecule has 0 aliphatic rings. The summed E-state index contributed by atoms with van der Waals surface area (Å²) in [6, 6.07) is 9.03. The normalized spacial score (nSPS) is 10.4. The van der Waals surface area contributed by atoms with E-state index in [1.165, 1.54) is 24.3 Å². The standard InChI is InChI=1S/C14H10ClFO2/c1-8-2-4-10(16)7-11(8)9-3-5-13(15)12(6-9)14(17)18/h2-7H,1H3,(H,17,18). The van der Waals surface area contributed by atoms with E-state index < -0.39 is 5.97 Å². The zero-order chi connectivity index (χ0) is 13.3. The Morgan fingerprint density at radius 2 is 1.94 bits per heavy atom. The van der Waals surface area contributed by atoms with Gasteiger partial charge in [-0.15, -0.1) is 0 Å². The third-order valence-electron chi connectivity index (χ3n) is 2.71. The molecule has 2 aromatic rings. The molecule has 0 fully saturated rings. The number of carbonyl (C=O) groups is 1. The van der Waals surface area contributed by atoms with E-state index in [0.29, 0.717) is 11.1 Å². The molecule has 0 amide bonds. The van der Waals surface area contributed by atoms with Gasteiger partial charge in [0.1, 0.15) is 5.82 Å². The second kappa shape index (κ2) is 4.78. The number of aryl methyl sites for hydroxylation is 1. The lowest BCUT2D eigenvalue weighted by Gasteiger charge is -2.08. The molecule has 0 radical (unpaired) electrons. The van der Waals surface area contributed by atoms with E-state index in [4.69, 9.17) is 16.7 Å². The van der Waals surface area contributed by atoms with Crippen LogP contribution in [0.1, 0.15) is 15.9 Å². The molecule has 0 unspecified atom stereocenters. The Hall–Kier alpha value is -1.87. The molecule has 0 heterocycles. The smallest absolute Gasteiger partial charge is 0.337 e. The highest BCUT2D eigenvalue weighted by Gasteiger charge is 2.11. The first-order valence-electron chi connectivity index (χ1n) is 5.28. The minimum atomic E-state index is -1.10. The van der Waals surface area contributed by atoms with Crippen molar-refractivity contribution >= 4 is 17.6 Å². The summed E-state index contributed by atoms with van der Waals surface area (Å²) in [5, 5.41) is 9.17. The number of rotatable bonds is 2. The van der Waals surface area contributed by atoms with Crippen LogP contribution < -0.4 is 0 Å². The van der Waals surface area contributed by atoms with Crippen LogP contribution in [0.15, 0.2) is 36.4 Å². The van der Waals surface area contributed by atoms with Gasteiger partial charge >= 0.3 is 5.97 Å². The zero-order valence-corrected chi connectivity index (χ0v) is 10.3. The van der Waals surface area contributed by atoms with Crippen LogP contribution >= 0.6 is 11.6 Å². The lowest BCUT2D eigenvalue weighted by atomic mass is 9.99. The highest BCUT2D eigenvalue weighted by atomic mass is 35.5. The molecule has 0 bridgehead atoms. The molecular formula is C14H10ClFO2. The summed E-state index contributed by atoms with van der Waals surface area (Å²) in [7, 11) is 0. The Labute approximate surface area is 109 Å². The molecule has 2 aromatic carbocycles. The van der Waals surface area contributed by atoms with Crippen molar-refractivity contribution in [3.63, 3.8) is 0 Å². The average Bonchev–Trinajstić information content (AvgIpc) is 2.33. The topological polar surface area (TPSA) is 37.3 Å². The van der Waals surface area contributed by atoms with Crippen LogP contribution in [0.3, 0.4) is 0 Å². The van der Waals surface area contributed by atoms with Crippen molar-refractivity contribution in [1.82, 2.24) is 0 Å². The van der Waals surface area contributed by atoms with Crippen molar-refractivity contribution in [3.05, 3.63) is 58.4 Å². The maximum absolute atomic E-state index is 13.2. The molecular weight excluding hydrogens is 255 g/mol. The van der Waals surface area contributed by atoms with Crippen LogP contribution in [0.5, 0.6) is 0 Å². The molecule has 0 spiro atoms. The maximum Gasteiger partial charge on any atom is 0.337 e. The largest absolute Gasteiger partial charge is 0.478 e. The molecule has 0 aromatic heterocycles. The highest BCUT2D eigenvalue weighted by Crippen LogP contribution is 2.28. The second-order valence-electron chi connectivity index (χ2n) is 3.96. The number of benzene rings is 2. The summed E-state index contributed by atoms with van der Waals surface area (Å²) in [6.45, 7) is 1.84. The predicted octanol–water partition coefficient (Wildman–Crippen LogP) is 4.15. The Balaban J connectivity index is 2.61. The van der Waals surface area contributed by atoms with Crippen LogP contribution in [-0.4, -0.2) is 11.1 Å². The van der Waals surface area contributed by atoms with E-state index in [1.54, 1.807) is 12.1 Å². The number of aromatic carboxylic acids is 1. The molecule has 92 valence electrons. The summed E-state index contributed by atoms with van der Waals surface area (Å²) in [5.74, 6) is -1.46. The van der Waals surface area contributed by atoms with Crippen LogP contribution in [0, 0.1) is 12.7 Å². The fourth-order valence-electron chi connectivity index (χ4n) is 1.76. The van der Waals surface area contributed by atoms with Crippen molar-refractivity contribution in [1.29, 1.82) is 0 Å². The molecule has 0 aliphatic carbocycles. The van der Waals surface area contributed by atoms with E-state index in [1.807, 2.05) is 6.92 Å². The van der Waals surface area contributed by atoms with Gasteiger partial charge in [0, 0.05) is 0 Å². The molecule has 0 saturated carbocycles. The molecule has 0 aliphatic heterocycles. The van der Waals surface area contributed by atoms with E-state index in [2.05, 4.69) is 0 Å². The highest BCUT2D eigenvalue weighted by molar-refractivity contribution is 6.33. The van der Waals surface area contributed by atoms with Crippen molar-refractivity contribution in [3.8, 4) is 11.1 Å². The van der Waals surface area contributed by atoms with Crippen molar-refractivity contribution < 1.29 is 14.3 Å². The first-order chi connectivity index (χ1) is 8.49. The van der Waals surface area contributed by atoms with Gasteiger partial charge in [0.25, 0.3) is 0 Å². The van der Waals surface area contributed by atoms with Gasteiger partial charge in [-0.05, 0) is 47.9 Å². The number of carboxylic acids is 1. The molecule has 0 atom stereocenters. The van der Waals surface area contributed by atoms with E-state index >= 15 is 0 Å². The molecule has 2 nitrogen and oxygen atoms in total. The molecule has 2 rings (SSSR count). The Morgan fingerprint density at radius 1 is 1.22 bits per heavy atom. The first-order valence-corrected chi connectivity index (χ1v) is 5.66. The quantitative estimate of drug-likeness (QED) is 0.885. The number of halogens is 2. The van der Waals surface area contributed by atoms with Gasteiger partial charge in [-0.2, -0.15) is 0 Å². The van der Waals surface area contributed by atoms with Crippen LogP contribution in [0.4, 0.5) is 4.39 Å². The summed E-state index contributed by atoms with van der Waals surface area (Å²) in [4.78, 5) is 11.0. The monoisotopic (exact) mass is 264 g/mol. The van der Waals surface area contributed by atoms with Gasteiger partial charge in [0.2, 0.25) is 0 Å². The van der Waals surface area contributed by atoms with Gasteiger partial charge in [-0.1, -0.05) is 23.7 Å². The predicted molar refractivity (Wildman–Crippen MR) is 68.5 cm³/mol. The van der Waals surface area contributed by atoms with E-state index in [0.717, 1.165) is 5.56 Å². The van der Waals surface area contributed by atoms with Gasteiger partial charge in [-0.3, -0.25) is 0 Å². The van der Waals surface area contributed by atoms with Crippen molar-refractivity contribution in [2.45, 2.75) is 6.92 Å². The number of hydrogen-bond donors (Lipinski definition) is 1. The van der Waals surface area contributed by atoms with Crippen LogP contribution in [0.2, 0.25) is 5.02 Å². The summed E-state index contributed by atoms with van der Waals surface area (Å²) in [6.07, 6.45) is 0. The fourth-order valence-corrected chi connectivity index (χ4v) is 1.96. The minimum Gasteiger partial charge on any atom is -0.478 e. The molecule has 0 saturated heterocycles. The van der Waals surface area contributed by atoms with Crippen LogP contribution in [0.25, 0.3) is 11.1 Å².